The number of aliphatic hydroxyl groups excluding tert-OH is 1. The fourth-order valence-electron chi connectivity index (χ4n) is 2.94. The zero-order chi connectivity index (χ0) is 15.0. The molecular weight excluding hydrogens is 260 g/mol. The van der Waals surface area contributed by atoms with Crippen LogP contribution in [0.3, 0.4) is 0 Å². The third-order valence-electron chi connectivity index (χ3n) is 4.17. The van der Waals surface area contributed by atoms with Crippen molar-refractivity contribution in [2.75, 3.05) is 20.6 Å². The summed E-state index contributed by atoms with van der Waals surface area (Å²) in [5.41, 5.74) is 3.44. The Morgan fingerprint density at radius 3 is 2.52 bits per heavy atom. The average Bonchev–Trinajstić information content (AvgIpc) is 2.78. The molecular formula is C18H22N2O. The molecule has 3 heteroatoms. The number of aryl methyl sites for hydroxylation is 1. The highest BCUT2D eigenvalue weighted by Crippen LogP contribution is 2.30. The van der Waals surface area contributed by atoms with Gasteiger partial charge in [0.1, 0.15) is 0 Å². The van der Waals surface area contributed by atoms with Crippen molar-refractivity contribution in [3.05, 3.63) is 48.0 Å². The van der Waals surface area contributed by atoms with Gasteiger partial charge in [0, 0.05) is 35.4 Å². The Morgan fingerprint density at radius 1 is 1.05 bits per heavy atom. The Labute approximate surface area is 125 Å². The lowest BCUT2D eigenvalue weighted by Crippen LogP contribution is -2.15. The standard InChI is InChI=1S/C18H22N2O/c1-19(2)11-10-18(21)13-8-9-17-15(12-13)14-6-4-5-7-16(14)20(17)3/h4-9,12,18,21H,10-11H2,1-3H3/t18-/m0/s1. The number of aliphatic hydroxyl groups is 1. The van der Waals surface area contributed by atoms with Crippen LogP contribution in [-0.2, 0) is 7.05 Å². The van der Waals surface area contributed by atoms with E-state index in [-0.39, 0.29) is 0 Å². The minimum absolute atomic E-state index is 0.407. The molecule has 0 unspecified atom stereocenters. The van der Waals surface area contributed by atoms with Gasteiger partial charge in [0.25, 0.3) is 0 Å². The lowest BCUT2D eigenvalue weighted by Gasteiger charge is -2.15. The molecule has 0 aliphatic rings. The molecule has 0 radical (unpaired) electrons. The molecule has 1 heterocycles. The number of rotatable bonds is 4. The number of hydrogen-bond donors (Lipinski definition) is 1. The van der Waals surface area contributed by atoms with Gasteiger partial charge < -0.3 is 14.6 Å². The Kier molecular flexibility index (Phi) is 3.70. The van der Waals surface area contributed by atoms with Gasteiger partial charge in [-0.15, -0.1) is 0 Å². The van der Waals surface area contributed by atoms with Gasteiger partial charge in [-0.2, -0.15) is 0 Å². The largest absolute Gasteiger partial charge is 0.388 e. The molecule has 3 aromatic rings. The van der Waals surface area contributed by atoms with Crippen molar-refractivity contribution in [1.82, 2.24) is 9.47 Å². The van der Waals surface area contributed by atoms with Crippen LogP contribution in [0.25, 0.3) is 21.8 Å². The van der Waals surface area contributed by atoms with Crippen molar-refractivity contribution in [3.8, 4) is 0 Å². The highest BCUT2D eigenvalue weighted by Gasteiger charge is 2.12. The molecule has 1 N–H and O–H groups in total. The maximum atomic E-state index is 10.4. The Bertz CT molecular complexity index is 773. The van der Waals surface area contributed by atoms with Crippen LogP contribution in [0, 0.1) is 0 Å². The van der Waals surface area contributed by atoms with Gasteiger partial charge in [-0.25, -0.2) is 0 Å². The van der Waals surface area contributed by atoms with Crippen molar-refractivity contribution in [2.24, 2.45) is 7.05 Å². The minimum Gasteiger partial charge on any atom is -0.388 e. The molecule has 110 valence electrons. The summed E-state index contributed by atoms with van der Waals surface area (Å²) in [5, 5.41) is 12.8. The number of para-hydroxylation sites is 1. The smallest absolute Gasteiger partial charge is 0.0802 e. The van der Waals surface area contributed by atoms with Crippen LogP contribution >= 0.6 is 0 Å². The van der Waals surface area contributed by atoms with Crippen LogP contribution in [0.4, 0.5) is 0 Å². The van der Waals surface area contributed by atoms with Crippen molar-refractivity contribution in [1.29, 1.82) is 0 Å². The number of fused-ring (bicyclic) bond motifs is 3. The summed E-state index contributed by atoms with van der Waals surface area (Å²) in [5.74, 6) is 0. The quantitative estimate of drug-likeness (QED) is 0.795. The Balaban J connectivity index is 2.05. The van der Waals surface area contributed by atoms with Crippen molar-refractivity contribution < 1.29 is 5.11 Å². The maximum Gasteiger partial charge on any atom is 0.0802 e. The molecule has 3 rings (SSSR count). The van der Waals surface area contributed by atoms with E-state index in [2.05, 4.69) is 52.9 Å². The average molecular weight is 282 g/mol. The zero-order valence-electron chi connectivity index (χ0n) is 12.9. The Hall–Kier alpha value is -1.84. The van der Waals surface area contributed by atoms with E-state index in [1.807, 2.05) is 20.2 Å². The molecule has 0 aliphatic carbocycles. The molecule has 2 aromatic carbocycles. The first kappa shape index (κ1) is 14.1. The molecule has 0 saturated carbocycles. The summed E-state index contributed by atoms with van der Waals surface area (Å²) in [6, 6.07) is 14.7. The molecule has 0 aliphatic heterocycles. The first-order valence-corrected chi connectivity index (χ1v) is 7.38. The summed E-state index contributed by atoms with van der Waals surface area (Å²) in [4.78, 5) is 2.10. The van der Waals surface area contributed by atoms with Crippen LogP contribution < -0.4 is 0 Å². The van der Waals surface area contributed by atoms with E-state index in [0.29, 0.717) is 0 Å². The topological polar surface area (TPSA) is 28.4 Å². The van der Waals surface area contributed by atoms with E-state index >= 15 is 0 Å². The van der Waals surface area contributed by atoms with Gasteiger partial charge in [0.05, 0.1) is 6.10 Å². The van der Waals surface area contributed by atoms with Gasteiger partial charge in [-0.1, -0.05) is 24.3 Å². The fourth-order valence-corrected chi connectivity index (χ4v) is 2.94. The van der Waals surface area contributed by atoms with E-state index in [1.165, 1.54) is 21.8 Å². The third-order valence-corrected chi connectivity index (χ3v) is 4.17. The summed E-state index contributed by atoms with van der Waals surface area (Å²) in [6.45, 7) is 0.884. The predicted octanol–water partition coefficient (Wildman–Crippen LogP) is 3.32. The first-order valence-electron chi connectivity index (χ1n) is 7.38. The van der Waals surface area contributed by atoms with Crippen LogP contribution in [-0.4, -0.2) is 35.2 Å². The summed E-state index contributed by atoms with van der Waals surface area (Å²) in [7, 11) is 6.15. The molecule has 0 bridgehead atoms. The zero-order valence-corrected chi connectivity index (χ0v) is 12.9. The second kappa shape index (κ2) is 5.51. The summed E-state index contributed by atoms with van der Waals surface area (Å²) >= 11 is 0. The molecule has 0 spiro atoms. The maximum absolute atomic E-state index is 10.4. The van der Waals surface area contributed by atoms with E-state index in [4.69, 9.17) is 0 Å². The van der Waals surface area contributed by atoms with Gasteiger partial charge in [0.2, 0.25) is 0 Å². The molecule has 21 heavy (non-hydrogen) atoms. The Morgan fingerprint density at radius 2 is 1.76 bits per heavy atom. The first-order chi connectivity index (χ1) is 10.1. The number of aromatic nitrogens is 1. The normalized spacial score (nSPS) is 13.4. The van der Waals surface area contributed by atoms with Crippen LogP contribution in [0.2, 0.25) is 0 Å². The van der Waals surface area contributed by atoms with Crippen molar-refractivity contribution >= 4 is 21.8 Å². The number of hydrogen-bond acceptors (Lipinski definition) is 2. The van der Waals surface area contributed by atoms with Gasteiger partial charge in [0.15, 0.2) is 0 Å². The van der Waals surface area contributed by atoms with Gasteiger partial charge in [-0.05, 0) is 44.3 Å². The van der Waals surface area contributed by atoms with Crippen LogP contribution in [0.15, 0.2) is 42.5 Å². The lowest BCUT2D eigenvalue weighted by molar-refractivity contribution is 0.154. The SMILES string of the molecule is CN(C)CC[C@H](O)c1ccc2c(c1)c1ccccc1n2C. The summed E-state index contributed by atoms with van der Waals surface area (Å²) in [6.07, 6.45) is 0.347. The third kappa shape index (κ3) is 2.55. The van der Waals surface area contributed by atoms with Gasteiger partial charge >= 0.3 is 0 Å². The molecule has 1 atom stereocenters. The monoisotopic (exact) mass is 282 g/mol. The van der Waals surface area contributed by atoms with Crippen molar-refractivity contribution in [2.45, 2.75) is 12.5 Å². The van der Waals surface area contributed by atoms with Crippen molar-refractivity contribution in [3.63, 3.8) is 0 Å². The highest BCUT2D eigenvalue weighted by atomic mass is 16.3. The second-order valence-electron chi connectivity index (χ2n) is 5.96. The predicted molar refractivity (Wildman–Crippen MR) is 88.6 cm³/mol. The molecule has 3 nitrogen and oxygen atoms in total. The highest BCUT2D eigenvalue weighted by molar-refractivity contribution is 6.08. The van der Waals surface area contributed by atoms with E-state index < -0.39 is 6.10 Å². The second-order valence-corrected chi connectivity index (χ2v) is 5.96. The van der Waals surface area contributed by atoms with E-state index in [9.17, 15) is 5.11 Å². The van der Waals surface area contributed by atoms with Crippen LogP contribution in [0.5, 0.6) is 0 Å². The van der Waals surface area contributed by atoms with E-state index in [0.717, 1.165) is 18.5 Å². The van der Waals surface area contributed by atoms with Gasteiger partial charge in [-0.3, -0.25) is 0 Å². The number of benzene rings is 2. The number of nitrogens with zero attached hydrogens (tertiary/aromatic N) is 2. The summed E-state index contributed by atoms with van der Waals surface area (Å²) < 4.78 is 2.21. The minimum atomic E-state index is -0.407. The lowest BCUT2D eigenvalue weighted by atomic mass is 10.0. The van der Waals surface area contributed by atoms with E-state index in [1.54, 1.807) is 0 Å². The fraction of sp³-hybridized carbons (Fsp3) is 0.333. The molecule has 0 saturated heterocycles. The van der Waals surface area contributed by atoms with Crippen LogP contribution in [0.1, 0.15) is 18.1 Å². The molecule has 1 aromatic heterocycles. The molecule has 0 fully saturated rings. The molecule has 0 amide bonds.